The van der Waals surface area contributed by atoms with Gasteiger partial charge in [-0.25, -0.2) is 4.98 Å². The largest absolute Gasteiger partial charge is 0.366 e. The summed E-state index contributed by atoms with van der Waals surface area (Å²) in [5, 5.41) is 6.63. The summed E-state index contributed by atoms with van der Waals surface area (Å²) in [6, 6.07) is 17.3. The number of hydrogen-bond acceptors (Lipinski definition) is 7. The molecule has 1 saturated carbocycles. The van der Waals surface area contributed by atoms with Crippen LogP contribution in [0, 0.1) is 13.8 Å². The van der Waals surface area contributed by atoms with E-state index in [0.29, 0.717) is 12.0 Å². The molecule has 2 N–H and O–H groups in total. The minimum absolute atomic E-state index is 0.0519. The summed E-state index contributed by atoms with van der Waals surface area (Å²) in [6.45, 7) is 8.19. The van der Waals surface area contributed by atoms with Crippen LogP contribution in [0.4, 0.5) is 17.5 Å². The number of nitrogens with zero attached hydrogens (tertiary/aromatic N) is 3. The SMILES string of the molecule is C=O.C=O.CN=S(C)c1ccc(Nc2ncc(Br)c(NC3CC3)n2)cc1.Cc1ccc(C)cc1. The third-order valence-corrected chi connectivity index (χ3v) is 6.69. The van der Waals surface area contributed by atoms with Crippen LogP contribution in [0.15, 0.2) is 68.5 Å². The first-order valence-electron chi connectivity index (χ1n) is 10.5. The van der Waals surface area contributed by atoms with Gasteiger partial charge in [0.1, 0.15) is 19.4 Å². The molecule has 1 heterocycles. The fourth-order valence-electron chi connectivity index (χ4n) is 2.56. The number of anilines is 3. The molecule has 3 aromatic rings. The van der Waals surface area contributed by atoms with E-state index in [2.05, 4.69) is 97.4 Å². The summed E-state index contributed by atoms with van der Waals surface area (Å²) in [5.74, 6) is 1.44. The van der Waals surface area contributed by atoms with Gasteiger partial charge >= 0.3 is 0 Å². The van der Waals surface area contributed by atoms with Gasteiger partial charge in [0.05, 0.1) is 4.47 Å². The minimum atomic E-state index is -0.0519. The van der Waals surface area contributed by atoms with Crippen LogP contribution in [0.25, 0.3) is 0 Å². The maximum absolute atomic E-state index is 8.00. The number of carbonyl (C=O) groups is 2. The average Bonchev–Trinajstić information content (AvgIpc) is 3.70. The Morgan fingerprint density at radius 2 is 1.50 bits per heavy atom. The molecular weight excluding hydrogens is 514 g/mol. The van der Waals surface area contributed by atoms with Gasteiger partial charge in [-0.1, -0.05) is 46.1 Å². The maximum atomic E-state index is 8.00. The predicted octanol–water partition coefficient (Wildman–Crippen LogP) is 5.91. The summed E-state index contributed by atoms with van der Waals surface area (Å²) in [7, 11) is 1.79. The molecule has 0 radical (unpaired) electrons. The molecule has 1 fully saturated rings. The molecular formula is C25H32BrN5O2S. The molecule has 0 saturated heterocycles. The van der Waals surface area contributed by atoms with E-state index in [1.807, 2.05) is 32.8 Å². The van der Waals surface area contributed by atoms with Crippen molar-refractivity contribution in [2.75, 3.05) is 23.9 Å². The monoisotopic (exact) mass is 545 g/mol. The van der Waals surface area contributed by atoms with Crippen LogP contribution in [-0.2, 0) is 20.3 Å². The van der Waals surface area contributed by atoms with Crippen molar-refractivity contribution in [1.29, 1.82) is 0 Å². The molecule has 0 spiro atoms. The summed E-state index contributed by atoms with van der Waals surface area (Å²) in [5.41, 5.74) is 3.63. The van der Waals surface area contributed by atoms with E-state index in [1.54, 1.807) is 6.20 Å². The van der Waals surface area contributed by atoms with Gasteiger partial charge in [-0.05, 0) is 73.1 Å². The molecule has 1 unspecified atom stereocenters. The zero-order chi connectivity index (χ0) is 25.5. The standard InChI is InChI=1S/C15H18BrN5S.C8H10.2CH2O/c1-17-22(2)12-7-5-11(6-8-12)20-15-18-9-13(16)14(21-15)19-10-3-4-10;1-7-3-5-8(2)6-4-7;2*1-2/h5-10H,3-4H2,1-2H3,(H2,18,19,20,21);3-6H,1-2H3;2*1H2. The lowest BCUT2D eigenvalue weighted by molar-refractivity contribution is -0.0987. The van der Waals surface area contributed by atoms with Gasteiger partial charge < -0.3 is 20.2 Å². The lowest BCUT2D eigenvalue weighted by Gasteiger charge is -2.10. The number of carbonyl (C=O) groups excluding carboxylic acids is 2. The Morgan fingerprint density at radius 1 is 0.971 bits per heavy atom. The Kier molecular flexibility index (Phi) is 13.6. The van der Waals surface area contributed by atoms with Crippen molar-refractivity contribution in [2.24, 2.45) is 4.36 Å². The summed E-state index contributed by atoms with van der Waals surface area (Å²) in [6.07, 6.45) is 6.30. The Morgan fingerprint density at radius 3 is 1.97 bits per heavy atom. The molecule has 1 atom stereocenters. The van der Waals surface area contributed by atoms with Crippen LogP contribution in [0.3, 0.4) is 0 Å². The van der Waals surface area contributed by atoms with E-state index < -0.39 is 0 Å². The smallest absolute Gasteiger partial charge is 0.229 e. The van der Waals surface area contributed by atoms with Crippen LogP contribution in [0.5, 0.6) is 0 Å². The Labute approximate surface area is 213 Å². The molecule has 1 aliphatic carbocycles. The molecule has 1 aromatic heterocycles. The second-order valence-electron chi connectivity index (χ2n) is 7.27. The van der Waals surface area contributed by atoms with Gasteiger partial charge in [0.25, 0.3) is 0 Å². The lowest BCUT2D eigenvalue weighted by Crippen LogP contribution is -2.06. The van der Waals surface area contributed by atoms with Gasteiger partial charge in [0, 0.05) is 29.9 Å². The summed E-state index contributed by atoms with van der Waals surface area (Å²) in [4.78, 5) is 26.1. The van der Waals surface area contributed by atoms with Crippen LogP contribution < -0.4 is 10.6 Å². The second-order valence-corrected chi connectivity index (χ2v) is 9.92. The highest BCUT2D eigenvalue weighted by Crippen LogP contribution is 2.29. The van der Waals surface area contributed by atoms with Gasteiger partial charge in [0.15, 0.2) is 0 Å². The molecule has 2 aromatic carbocycles. The van der Waals surface area contributed by atoms with Crippen molar-refractivity contribution in [1.82, 2.24) is 9.97 Å². The average molecular weight is 547 g/mol. The van der Waals surface area contributed by atoms with Gasteiger partial charge in [0.2, 0.25) is 5.95 Å². The first-order valence-corrected chi connectivity index (χ1v) is 12.9. The van der Waals surface area contributed by atoms with E-state index in [4.69, 9.17) is 9.59 Å². The zero-order valence-electron chi connectivity index (χ0n) is 20.0. The Bertz CT molecular complexity index is 1020. The van der Waals surface area contributed by atoms with Crippen molar-refractivity contribution < 1.29 is 9.59 Å². The van der Waals surface area contributed by atoms with Gasteiger partial charge in [-0.3, -0.25) is 4.36 Å². The fourth-order valence-corrected chi connectivity index (χ4v) is 3.60. The highest BCUT2D eigenvalue weighted by Gasteiger charge is 2.22. The van der Waals surface area contributed by atoms with Crippen LogP contribution >= 0.6 is 15.9 Å². The number of hydrogen-bond donors (Lipinski definition) is 2. The van der Waals surface area contributed by atoms with E-state index in [1.165, 1.54) is 28.9 Å². The van der Waals surface area contributed by atoms with Crippen LogP contribution in [0.1, 0.15) is 24.0 Å². The Balaban J connectivity index is 0.000000403. The van der Waals surface area contributed by atoms with Crippen molar-refractivity contribution in [3.05, 3.63) is 70.3 Å². The fraction of sp³-hybridized carbons (Fsp3) is 0.280. The topological polar surface area (TPSA) is 96.3 Å². The van der Waals surface area contributed by atoms with Crippen molar-refractivity contribution in [3.8, 4) is 0 Å². The molecule has 7 nitrogen and oxygen atoms in total. The van der Waals surface area contributed by atoms with Crippen LogP contribution in [0.2, 0.25) is 0 Å². The molecule has 0 bridgehead atoms. The molecule has 182 valence electrons. The molecule has 4 rings (SSSR count). The van der Waals surface area contributed by atoms with Crippen molar-refractivity contribution >= 4 is 57.7 Å². The minimum Gasteiger partial charge on any atom is -0.366 e. The third-order valence-electron chi connectivity index (χ3n) is 4.61. The van der Waals surface area contributed by atoms with E-state index in [-0.39, 0.29) is 10.7 Å². The van der Waals surface area contributed by atoms with E-state index >= 15 is 0 Å². The van der Waals surface area contributed by atoms with Crippen molar-refractivity contribution in [2.45, 2.75) is 37.6 Å². The number of aryl methyl sites for hydroxylation is 2. The number of benzene rings is 2. The second kappa shape index (κ2) is 15.8. The number of halogens is 1. The van der Waals surface area contributed by atoms with Crippen LogP contribution in [-0.4, -0.2) is 42.9 Å². The quantitative estimate of drug-likeness (QED) is 0.413. The first-order chi connectivity index (χ1) is 16.4. The summed E-state index contributed by atoms with van der Waals surface area (Å²) < 4.78 is 5.19. The number of nitrogens with one attached hydrogen (secondary N) is 2. The number of aromatic nitrogens is 2. The predicted molar refractivity (Wildman–Crippen MR) is 146 cm³/mol. The molecule has 0 amide bonds. The summed E-state index contributed by atoms with van der Waals surface area (Å²) >= 11 is 3.48. The first kappa shape index (κ1) is 29.1. The molecule has 9 heteroatoms. The molecule has 34 heavy (non-hydrogen) atoms. The maximum Gasteiger partial charge on any atom is 0.229 e. The van der Waals surface area contributed by atoms with E-state index in [9.17, 15) is 0 Å². The van der Waals surface area contributed by atoms with Gasteiger partial charge in [-0.15, -0.1) is 0 Å². The number of rotatable bonds is 5. The zero-order valence-corrected chi connectivity index (χ0v) is 22.4. The highest BCUT2D eigenvalue weighted by molar-refractivity contribution is 9.10. The highest BCUT2D eigenvalue weighted by atomic mass is 79.9. The van der Waals surface area contributed by atoms with Crippen molar-refractivity contribution in [3.63, 3.8) is 0 Å². The van der Waals surface area contributed by atoms with Gasteiger partial charge in [-0.2, -0.15) is 4.98 Å². The molecule has 1 aliphatic rings. The lowest BCUT2D eigenvalue weighted by atomic mass is 10.2. The Hall–Kier alpha value is -2.91. The third kappa shape index (κ3) is 10.4. The molecule has 0 aliphatic heterocycles. The van der Waals surface area contributed by atoms with E-state index in [0.717, 1.165) is 16.0 Å². The normalized spacial score (nSPS) is 12.5.